The Bertz CT molecular complexity index is 556. The Labute approximate surface area is 147 Å². The van der Waals surface area contributed by atoms with Crippen LogP contribution in [0.4, 0.5) is 0 Å². The van der Waals surface area contributed by atoms with E-state index in [1.807, 2.05) is 4.90 Å². The lowest BCUT2D eigenvalue weighted by molar-refractivity contribution is -0.134. The van der Waals surface area contributed by atoms with Gasteiger partial charge in [0, 0.05) is 43.9 Å². The molecule has 1 aliphatic carbocycles. The minimum atomic E-state index is -0.893. The molecule has 0 spiro atoms. The summed E-state index contributed by atoms with van der Waals surface area (Å²) < 4.78 is 0. The summed E-state index contributed by atoms with van der Waals surface area (Å²) in [5, 5.41) is 8.77. The van der Waals surface area contributed by atoms with Gasteiger partial charge in [-0.25, -0.2) is 0 Å². The highest BCUT2D eigenvalue weighted by atomic mass is 16.2. The lowest BCUT2D eigenvalue weighted by Crippen LogP contribution is -2.45. The average Bonchev–Trinajstić information content (AvgIpc) is 3.47. The van der Waals surface area contributed by atoms with Crippen molar-refractivity contribution in [1.82, 2.24) is 15.5 Å². The number of hydrogen-bond acceptors (Lipinski definition) is 4. The van der Waals surface area contributed by atoms with Gasteiger partial charge in [-0.3, -0.25) is 14.4 Å². The maximum atomic E-state index is 12.2. The molecule has 1 heterocycles. The highest BCUT2D eigenvalue weighted by molar-refractivity contribution is 5.83. The van der Waals surface area contributed by atoms with Gasteiger partial charge in [-0.05, 0) is 43.6 Å². The number of likely N-dealkylation sites (tertiary alicyclic amines) is 1. The van der Waals surface area contributed by atoms with Crippen LogP contribution < -0.4 is 10.6 Å². The number of nitrogens with zero attached hydrogens (tertiary/aromatic N) is 4. The summed E-state index contributed by atoms with van der Waals surface area (Å²) in [6.07, 6.45) is 4.19. The van der Waals surface area contributed by atoms with E-state index in [-0.39, 0.29) is 42.4 Å². The van der Waals surface area contributed by atoms with Crippen molar-refractivity contribution in [3.63, 3.8) is 0 Å². The van der Waals surface area contributed by atoms with E-state index in [0.717, 1.165) is 32.2 Å². The molecular weight excluding hydrogens is 324 g/mol. The Balaban J connectivity index is 1.79. The highest BCUT2D eigenvalue weighted by Crippen LogP contribution is 2.32. The number of hydrogen-bond donors (Lipinski definition) is 2. The summed E-state index contributed by atoms with van der Waals surface area (Å²) in [5.74, 6) is 0.104. The van der Waals surface area contributed by atoms with E-state index in [4.69, 9.17) is 5.53 Å². The number of carbonyl (C=O) groups is 3. The number of amides is 3. The number of azide groups is 1. The zero-order chi connectivity index (χ0) is 18.2. The second-order valence-corrected chi connectivity index (χ2v) is 6.74. The molecule has 9 nitrogen and oxygen atoms in total. The fourth-order valence-corrected chi connectivity index (χ4v) is 3.08. The third-order valence-corrected chi connectivity index (χ3v) is 4.74. The Morgan fingerprint density at radius 1 is 1.32 bits per heavy atom. The molecule has 0 radical (unpaired) electrons. The van der Waals surface area contributed by atoms with Gasteiger partial charge in [-0.1, -0.05) is 5.11 Å². The zero-order valence-electron chi connectivity index (χ0n) is 14.6. The van der Waals surface area contributed by atoms with Crippen LogP contribution in [-0.4, -0.2) is 55.3 Å². The van der Waals surface area contributed by atoms with Crippen LogP contribution in [0.2, 0.25) is 0 Å². The van der Waals surface area contributed by atoms with Crippen molar-refractivity contribution < 1.29 is 14.4 Å². The van der Waals surface area contributed by atoms with Gasteiger partial charge in [0.2, 0.25) is 17.7 Å². The molecule has 0 aromatic carbocycles. The smallest absolute Gasteiger partial charge is 0.229 e. The van der Waals surface area contributed by atoms with Crippen molar-refractivity contribution in [3.05, 3.63) is 10.4 Å². The van der Waals surface area contributed by atoms with E-state index in [9.17, 15) is 14.4 Å². The van der Waals surface area contributed by atoms with Crippen LogP contribution in [0.1, 0.15) is 38.5 Å². The molecular formula is C16H26N6O3. The summed E-state index contributed by atoms with van der Waals surface area (Å²) in [6.45, 7) is 1.91. The van der Waals surface area contributed by atoms with E-state index in [0.29, 0.717) is 13.1 Å². The SMILES string of the molecule is CNC(=O)CCC(N=[N+]=[N-])C(=O)NCC1CCCN(C(=O)C2CC2)C1. The van der Waals surface area contributed by atoms with Crippen LogP contribution in [0.15, 0.2) is 5.11 Å². The van der Waals surface area contributed by atoms with E-state index in [2.05, 4.69) is 20.7 Å². The molecule has 138 valence electrons. The van der Waals surface area contributed by atoms with Gasteiger partial charge in [0.05, 0.1) is 0 Å². The largest absolute Gasteiger partial charge is 0.359 e. The minimum absolute atomic E-state index is 0.126. The van der Waals surface area contributed by atoms with Crippen LogP contribution in [0.25, 0.3) is 10.4 Å². The van der Waals surface area contributed by atoms with E-state index in [1.54, 1.807) is 0 Å². The van der Waals surface area contributed by atoms with Gasteiger partial charge in [0.15, 0.2) is 0 Å². The fourth-order valence-electron chi connectivity index (χ4n) is 3.08. The average molecular weight is 350 g/mol. The van der Waals surface area contributed by atoms with Crippen LogP contribution in [0, 0.1) is 11.8 Å². The van der Waals surface area contributed by atoms with Crippen molar-refractivity contribution in [2.75, 3.05) is 26.7 Å². The first-order valence-electron chi connectivity index (χ1n) is 8.86. The molecule has 2 unspecified atom stereocenters. The topological polar surface area (TPSA) is 127 Å². The first kappa shape index (κ1) is 19.1. The van der Waals surface area contributed by atoms with E-state index >= 15 is 0 Å². The molecule has 1 saturated heterocycles. The number of carbonyl (C=O) groups excluding carboxylic acids is 3. The maximum Gasteiger partial charge on any atom is 0.229 e. The second-order valence-electron chi connectivity index (χ2n) is 6.74. The summed E-state index contributed by atoms with van der Waals surface area (Å²) >= 11 is 0. The summed E-state index contributed by atoms with van der Waals surface area (Å²) in [4.78, 5) is 40.3. The Kier molecular flexibility index (Phi) is 7.06. The van der Waals surface area contributed by atoms with Gasteiger partial charge < -0.3 is 15.5 Å². The van der Waals surface area contributed by atoms with Crippen molar-refractivity contribution in [2.45, 2.75) is 44.6 Å². The predicted molar refractivity (Wildman–Crippen MR) is 91.3 cm³/mol. The zero-order valence-corrected chi connectivity index (χ0v) is 14.6. The monoisotopic (exact) mass is 350 g/mol. The van der Waals surface area contributed by atoms with Crippen LogP contribution in [0.3, 0.4) is 0 Å². The van der Waals surface area contributed by atoms with Gasteiger partial charge in [-0.15, -0.1) is 0 Å². The van der Waals surface area contributed by atoms with E-state index < -0.39 is 6.04 Å². The molecule has 3 amide bonds. The van der Waals surface area contributed by atoms with Crippen LogP contribution in [0.5, 0.6) is 0 Å². The quantitative estimate of drug-likeness (QED) is 0.384. The molecule has 1 aliphatic heterocycles. The Morgan fingerprint density at radius 2 is 2.08 bits per heavy atom. The molecule has 2 aliphatic rings. The van der Waals surface area contributed by atoms with Crippen LogP contribution in [-0.2, 0) is 14.4 Å². The van der Waals surface area contributed by atoms with Gasteiger partial charge in [-0.2, -0.15) is 0 Å². The number of nitrogens with one attached hydrogen (secondary N) is 2. The normalized spacial score (nSPS) is 21.0. The maximum absolute atomic E-state index is 12.2. The molecule has 2 rings (SSSR count). The first-order valence-corrected chi connectivity index (χ1v) is 8.86. The summed E-state index contributed by atoms with van der Waals surface area (Å²) in [5.41, 5.74) is 8.61. The van der Waals surface area contributed by atoms with Crippen LogP contribution >= 0.6 is 0 Å². The lowest BCUT2D eigenvalue weighted by Gasteiger charge is -2.33. The van der Waals surface area contributed by atoms with Gasteiger partial charge >= 0.3 is 0 Å². The Morgan fingerprint density at radius 3 is 2.72 bits per heavy atom. The van der Waals surface area contributed by atoms with Gasteiger partial charge in [0.1, 0.15) is 6.04 Å². The number of piperidine rings is 1. The third-order valence-electron chi connectivity index (χ3n) is 4.74. The number of rotatable bonds is 8. The first-order chi connectivity index (χ1) is 12.0. The molecule has 25 heavy (non-hydrogen) atoms. The molecule has 2 N–H and O–H groups in total. The highest BCUT2D eigenvalue weighted by Gasteiger charge is 2.35. The minimum Gasteiger partial charge on any atom is -0.359 e. The molecule has 2 fully saturated rings. The summed E-state index contributed by atoms with van der Waals surface area (Å²) in [7, 11) is 1.52. The lowest BCUT2D eigenvalue weighted by atomic mass is 9.97. The van der Waals surface area contributed by atoms with Crippen molar-refractivity contribution in [1.29, 1.82) is 0 Å². The van der Waals surface area contributed by atoms with Gasteiger partial charge in [0.25, 0.3) is 0 Å². The van der Waals surface area contributed by atoms with E-state index in [1.165, 1.54) is 7.05 Å². The standard InChI is InChI=1S/C16H26N6O3/c1-18-14(23)7-6-13(20-21-17)15(24)19-9-11-3-2-8-22(10-11)16(25)12-4-5-12/h11-13H,2-10H2,1H3,(H,18,23)(H,19,24). The molecule has 0 bridgehead atoms. The van der Waals surface area contributed by atoms with Crippen molar-refractivity contribution in [3.8, 4) is 0 Å². The third kappa shape index (κ3) is 5.94. The molecule has 2 atom stereocenters. The van der Waals surface area contributed by atoms with Crippen molar-refractivity contribution >= 4 is 17.7 Å². The Hall–Kier alpha value is -2.28. The van der Waals surface area contributed by atoms with Crippen molar-refractivity contribution in [2.24, 2.45) is 17.0 Å². The predicted octanol–water partition coefficient (Wildman–Crippen LogP) is 0.956. The fraction of sp³-hybridized carbons (Fsp3) is 0.812. The molecule has 0 aromatic heterocycles. The summed E-state index contributed by atoms with van der Waals surface area (Å²) in [6, 6.07) is -0.893. The second kappa shape index (κ2) is 9.27. The molecule has 0 aromatic rings. The molecule has 9 heteroatoms. The molecule has 1 saturated carbocycles.